The molecule has 1 aromatic heterocycles. The molecule has 3 heterocycles. The zero-order valence-electron chi connectivity index (χ0n) is 14.1. The Morgan fingerprint density at radius 1 is 1.43 bits per heavy atom. The summed E-state index contributed by atoms with van der Waals surface area (Å²) in [6.07, 6.45) is 7.36. The molecule has 1 unspecified atom stereocenters. The Morgan fingerprint density at radius 3 is 2.96 bits per heavy atom. The molecule has 23 heavy (non-hydrogen) atoms. The topological polar surface area (TPSA) is 57.5 Å². The summed E-state index contributed by atoms with van der Waals surface area (Å²) in [6, 6.07) is 4.55. The van der Waals surface area contributed by atoms with Crippen LogP contribution < -0.4 is 10.6 Å². The number of carbonyl (C=O) groups excluding carboxylic acids is 1. The molecule has 3 rings (SSSR count). The second-order valence-corrected chi connectivity index (χ2v) is 6.95. The fourth-order valence-electron chi connectivity index (χ4n) is 3.83. The van der Waals surface area contributed by atoms with E-state index >= 15 is 0 Å². The average Bonchev–Trinajstić information content (AvgIpc) is 3.10. The van der Waals surface area contributed by atoms with Crippen LogP contribution >= 0.6 is 0 Å². The standard InChI is InChI=1S/C18H29N3O2/c1-14-12-15(7-8-19-14)18(22)20-13-16(17-6-5-11-23-17)21-9-3-2-4-10-21/h5-6,11,14-16,19H,2-4,7-10,12-13H2,1H3,(H,20,22)/t14-,15-,16?/m0/s1. The van der Waals surface area contributed by atoms with Gasteiger partial charge in [-0.15, -0.1) is 0 Å². The van der Waals surface area contributed by atoms with Crippen molar-refractivity contribution >= 4 is 5.91 Å². The number of furan rings is 1. The molecule has 0 saturated carbocycles. The van der Waals surface area contributed by atoms with E-state index < -0.39 is 0 Å². The van der Waals surface area contributed by atoms with Crippen LogP contribution in [0.3, 0.4) is 0 Å². The van der Waals surface area contributed by atoms with E-state index in [2.05, 4.69) is 22.5 Å². The predicted molar refractivity (Wildman–Crippen MR) is 90.1 cm³/mol. The van der Waals surface area contributed by atoms with E-state index in [0.29, 0.717) is 12.6 Å². The van der Waals surface area contributed by atoms with Gasteiger partial charge in [0.2, 0.25) is 5.91 Å². The predicted octanol–water partition coefficient (Wildman–Crippen LogP) is 2.31. The Hall–Kier alpha value is -1.33. The van der Waals surface area contributed by atoms with Gasteiger partial charge in [0.05, 0.1) is 12.3 Å². The first-order chi connectivity index (χ1) is 11.2. The van der Waals surface area contributed by atoms with Crippen molar-refractivity contribution < 1.29 is 9.21 Å². The molecule has 0 aromatic carbocycles. The van der Waals surface area contributed by atoms with Crippen molar-refractivity contribution in [2.24, 2.45) is 5.92 Å². The quantitative estimate of drug-likeness (QED) is 0.874. The van der Waals surface area contributed by atoms with E-state index in [4.69, 9.17) is 4.42 Å². The van der Waals surface area contributed by atoms with E-state index in [1.54, 1.807) is 6.26 Å². The maximum absolute atomic E-state index is 12.5. The molecule has 3 atom stereocenters. The average molecular weight is 319 g/mol. The third-order valence-electron chi connectivity index (χ3n) is 5.17. The highest BCUT2D eigenvalue weighted by Gasteiger charge is 2.28. The lowest BCUT2D eigenvalue weighted by molar-refractivity contribution is -0.126. The zero-order valence-corrected chi connectivity index (χ0v) is 14.1. The fraction of sp³-hybridized carbons (Fsp3) is 0.722. The van der Waals surface area contributed by atoms with Gasteiger partial charge in [0.15, 0.2) is 0 Å². The molecule has 2 fully saturated rings. The molecule has 128 valence electrons. The van der Waals surface area contributed by atoms with Gasteiger partial charge in [0.25, 0.3) is 0 Å². The fourth-order valence-corrected chi connectivity index (χ4v) is 3.83. The highest BCUT2D eigenvalue weighted by atomic mass is 16.3. The van der Waals surface area contributed by atoms with Gasteiger partial charge >= 0.3 is 0 Å². The third-order valence-corrected chi connectivity index (χ3v) is 5.17. The van der Waals surface area contributed by atoms with Crippen LogP contribution in [0.2, 0.25) is 0 Å². The van der Waals surface area contributed by atoms with Crippen LogP contribution in [0.1, 0.15) is 50.8 Å². The molecule has 0 aliphatic carbocycles. The van der Waals surface area contributed by atoms with E-state index in [1.807, 2.05) is 12.1 Å². The van der Waals surface area contributed by atoms with Gasteiger partial charge in [-0.2, -0.15) is 0 Å². The molecule has 2 N–H and O–H groups in total. The normalized spacial score (nSPS) is 27.5. The Balaban J connectivity index is 1.58. The number of hydrogen-bond acceptors (Lipinski definition) is 4. The smallest absolute Gasteiger partial charge is 0.223 e. The molecule has 5 nitrogen and oxygen atoms in total. The first-order valence-electron chi connectivity index (χ1n) is 9.02. The minimum absolute atomic E-state index is 0.143. The summed E-state index contributed by atoms with van der Waals surface area (Å²) in [7, 11) is 0. The minimum Gasteiger partial charge on any atom is -0.468 e. The summed E-state index contributed by atoms with van der Waals surface area (Å²) < 4.78 is 5.64. The van der Waals surface area contributed by atoms with Gasteiger partial charge in [0.1, 0.15) is 5.76 Å². The van der Waals surface area contributed by atoms with Gasteiger partial charge in [-0.25, -0.2) is 0 Å². The second kappa shape index (κ2) is 7.97. The summed E-state index contributed by atoms with van der Waals surface area (Å²) in [5.74, 6) is 1.31. The summed E-state index contributed by atoms with van der Waals surface area (Å²) in [5.41, 5.74) is 0. The highest BCUT2D eigenvalue weighted by Crippen LogP contribution is 2.25. The Kier molecular flexibility index (Phi) is 5.73. The molecular weight excluding hydrogens is 290 g/mol. The van der Waals surface area contributed by atoms with Crippen molar-refractivity contribution in [1.29, 1.82) is 0 Å². The molecular formula is C18H29N3O2. The van der Waals surface area contributed by atoms with Crippen molar-refractivity contribution in [3.63, 3.8) is 0 Å². The molecule has 2 aliphatic heterocycles. The number of piperidine rings is 2. The first kappa shape index (κ1) is 16.5. The van der Waals surface area contributed by atoms with Gasteiger partial charge < -0.3 is 15.1 Å². The Morgan fingerprint density at radius 2 is 2.26 bits per heavy atom. The zero-order chi connectivity index (χ0) is 16.1. The maximum Gasteiger partial charge on any atom is 0.223 e. The van der Waals surface area contributed by atoms with E-state index in [1.165, 1.54) is 19.3 Å². The van der Waals surface area contributed by atoms with Crippen molar-refractivity contribution in [2.75, 3.05) is 26.2 Å². The largest absolute Gasteiger partial charge is 0.468 e. The van der Waals surface area contributed by atoms with E-state index in [9.17, 15) is 4.79 Å². The van der Waals surface area contributed by atoms with Crippen molar-refractivity contribution in [2.45, 2.75) is 51.1 Å². The lowest BCUT2D eigenvalue weighted by Gasteiger charge is -2.34. The van der Waals surface area contributed by atoms with Crippen LogP contribution in [0.4, 0.5) is 0 Å². The number of carbonyl (C=O) groups is 1. The third kappa shape index (κ3) is 4.36. The molecule has 2 saturated heterocycles. The van der Waals surface area contributed by atoms with Crippen molar-refractivity contribution in [1.82, 2.24) is 15.5 Å². The number of nitrogens with zero attached hydrogens (tertiary/aromatic N) is 1. The van der Waals surface area contributed by atoms with Crippen LogP contribution in [0.5, 0.6) is 0 Å². The van der Waals surface area contributed by atoms with Crippen molar-refractivity contribution in [3.05, 3.63) is 24.2 Å². The summed E-state index contributed by atoms with van der Waals surface area (Å²) >= 11 is 0. The lowest BCUT2D eigenvalue weighted by atomic mass is 9.92. The molecule has 1 aromatic rings. The van der Waals surface area contributed by atoms with Crippen LogP contribution in [-0.4, -0.2) is 43.0 Å². The SMILES string of the molecule is C[C@H]1C[C@@H](C(=O)NCC(c2ccco2)N2CCCCC2)CCN1. The van der Waals surface area contributed by atoms with Gasteiger partial charge in [-0.1, -0.05) is 6.42 Å². The number of amides is 1. The summed E-state index contributed by atoms with van der Waals surface area (Å²) in [4.78, 5) is 15.0. The number of rotatable bonds is 5. The maximum atomic E-state index is 12.5. The number of likely N-dealkylation sites (tertiary alicyclic amines) is 1. The van der Waals surface area contributed by atoms with Gasteiger partial charge in [-0.05, 0) is 64.4 Å². The van der Waals surface area contributed by atoms with Crippen LogP contribution in [-0.2, 0) is 4.79 Å². The van der Waals surface area contributed by atoms with Crippen LogP contribution in [0, 0.1) is 5.92 Å². The van der Waals surface area contributed by atoms with Crippen LogP contribution in [0.25, 0.3) is 0 Å². The Bertz CT molecular complexity index is 482. The molecule has 1 amide bonds. The summed E-state index contributed by atoms with van der Waals surface area (Å²) in [6.45, 7) is 5.91. The van der Waals surface area contributed by atoms with Crippen LogP contribution in [0.15, 0.2) is 22.8 Å². The minimum atomic E-state index is 0.143. The summed E-state index contributed by atoms with van der Waals surface area (Å²) in [5, 5.41) is 6.59. The first-order valence-corrected chi connectivity index (χ1v) is 9.02. The molecule has 0 spiro atoms. The second-order valence-electron chi connectivity index (χ2n) is 6.95. The molecule has 2 aliphatic rings. The Labute approximate surface area is 138 Å². The molecule has 0 bridgehead atoms. The highest BCUT2D eigenvalue weighted by molar-refractivity contribution is 5.78. The van der Waals surface area contributed by atoms with Gasteiger partial charge in [0, 0.05) is 18.5 Å². The monoisotopic (exact) mass is 319 g/mol. The van der Waals surface area contributed by atoms with Gasteiger partial charge in [-0.3, -0.25) is 9.69 Å². The van der Waals surface area contributed by atoms with E-state index in [0.717, 1.165) is 38.2 Å². The lowest BCUT2D eigenvalue weighted by Crippen LogP contribution is -2.45. The number of nitrogens with one attached hydrogen (secondary N) is 2. The van der Waals surface area contributed by atoms with Crippen molar-refractivity contribution in [3.8, 4) is 0 Å². The molecule has 0 radical (unpaired) electrons. The number of hydrogen-bond donors (Lipinski definition) is 2. The van der Waals surface area contributed by atoms with E-state index in [-0.39, 0.29) is 17.9 Å². The molecule has 5 heteroatoms.